The van der Waals surface area contributed by atoms with Gasteiger partial charge in [0.05, 0.1) is 23.6 Å². The molecule has 20 heavy (non-hydrogen) atoms. The van der Waals surface area contributed by atoms with Crippen LogP contribution in [0.1, 0.15) is 16.8 Å². The number of nitrogen functional groups attached to an aromatic ring is 1. The molecule has 0 aromatic carbocycles. The summed E-state index contributed by atoms with van der Waals surface area (Å²) in [6.45, 7) is 1.07. The zero-order valence-corrected chi connectivity index (χ0v) is 11.8. The van der Waals surface area contributed by atoms with Gasteiger partial charge in [0.15, 0.2) is 0 Å². The van der Waals surface area contributed by atoms with E-state index in [-0.39, 0.29) is 11.9 Å². The number of hydrogen-bond donors (Lipinski definition) is 3. The fourth-order valence-electron chi connectivity index (χ4n) is 2.59. The van der Waals surface area contributed by atoms with Gasteiger partial charge in [-0.25, -0.2) is 0 Å². The Hall–Kier alpha value is -1.70. The van der Waals surface area contributed by atoms with Crippen molar-refractivity contribution in [3.63, 3.8) is 0 Å². The number of aliphatic hydroxyl groups excluding tert-OH is 1. The van der Waals surface area contributed by atoms with Gasteiger partial charge in [0.25, 0.3) is 5.91 Å². The second-order valence-corrected chi connectivity index (χ2v) is 5.33. The summed E-state index contributed by atoms with van der Waals surface area (Å²) < 4.78 is 0. The van der Waals surface area contributed by atoms with Gasteiger partial charge in [0, 0.05) is 25.3 Å². The second-order valence-electron chi connectivity index (χ2n) is 5.33. The number of β-amino-alcohol motifs (C(OH)–C–C–N with tert-alkyl or cyclic N) is 1. The Morgan fingerprint density at radius 2 is 2.40 bits per heavy atom. The third kappa shape index (κ3) is 3.06. The molecule has 2 rings (SSSR count). The number of aliphatic hydroxyl groups is 1. The molecule has 1 aromatic rings. The molecule has 2 heterocycles. The smallest absolute Gasteiger partial charge is 0.256 e. The maximum absolute atomic E-state index is 12.6. The Balaban J connectivity index is 2.22. The van der Waals surface area contributed by atoms with E-state index in [0.717, 1.165) is 6.54 Å². The molecule has 7 heteroatoms. The van der Waals surface area contributed by atoms with Gasteiger partial charge >= 0.3 is 0 Å². The number of anilines is 1. The minimum atomic E-state index is -0.472. The Morgan fingerprint density at radius 1 is 1.65 bits per heavy atom. The number of hydrazine groups is 1. The standard InChI is InChI=1S/C13H21N5O2/c1-17(2)7-9-5-10(19)8-18(9)13(20)11-3-4-15-6-12(11)16-14/h3-4,6,9-10,16,19H,5,7-8,14H2,1-2H3. The van der Waals surface area contributed by atoms with Crippen LogP contribution in [0.5, 0.6) is 0 Å². The fraction of sp³-hybridized carbons (Fsp3) is 0.538. The van der Waals surface area contributed by atoms with Crippen LogP contribution >= 0.6 is 0 Å². The van der Waals surface area contributed by atoms with E-state index in [1.54, 1.807) is 17.2 Å². The van der Waals surface area contributed by atoms with Gasteiger partial charge in [0.1, 0.15) is 0 Å². The highest BCUT2D eigenvalue weighted by molar-refractivity contribution is 5.99. The lowest BCUT2D eigenvalue weighted by molar-refractivity contribution is 0.0700. The monoisotopic (exact) mass is 279 g/mol. The zero-order valence-electron chi connectivity index (χ0n) is 11.8. The van der Waals surface area contributed by atoms with Crippen LogP contribution < -0.4 is 11.3 Å². The predicted molar refractivity (Wildman–Crippen MR) is 76.0 cm³/mol. The van der Waals surface area contributed by atoms with Gasteiger partial charge in [-0.15, -0.1) is 0 Å². The first kappa shape index (κ1) is 14.7. The molecule has 1 saturated heterocycles. The van der Waals surface area contributed by atoms with Crippen molar-refractivity contribution in [2.24, 2.45) is 5.84 Å². The predicted octanol–water partition coefficient (Wildman–Crippen LogP) is -0.496. The van der Waals surface area contributed by atoms with E-state index in [9.17, 15) is 9.90 Å². The number of nitrogens with two attached hydrogens (primary N) is 1. The number of pyridine rings is 1. The first-order valence-electron chi connectivity index (χ1n) is 6.57. The van der Waals surface area contributed by atoms with E-state index in [1.165, 1.54) is 6.20 Å². The summed E-state index contributed by atoms with van der Waals surface area (Å²) in [7, 11) is 3.90. The van der Waals surface area contributed by atoms with Crippen molar-refractivity contribution in [1.82, 2.24) is 14.8 Å². The minimum Gasteiger partial charge on any atom is -0.391 e. The Labute approximate surface area is 118 Å². The summed E-state index contributed by atoms with van der Waals surface area (Å²) in [6.07, 6.45) is 3.20. The molecule has 1 fully saturated rings. The molecule has 2 unspecified atom stereocenters. The summed E-state index contributed by atoms with van der Waals surface area (Å²) in [6, 6.07) is 1.64. The molecule has 110 valence electrons. The first-order valence-corrected chi connectivity index (χ1v) is 6.57. The molecular weight excluding hydrogens is 258 g/mol. The number of aromatic nitrogens is 1. The number of nitrogens with one attached hydrogen (secondary N) is 1. The van der Waals surface area contributed by atoms with Crippen LogP contribution in [-0.4, -0.2) is 65.1 Å². The van der Waals surface area contributed by atoms with Crippen LogP contribution in [0.4, 0.5) is 5.69 Å². The van der Waals surface area contributed by atoms with Crippen LogP contribution in [0.2, 0.25) is 0 Å². The Morgan fingerprint density at radius 3 is 3.05 bits per heavy atom. The fourth-order valence-corrected chi connectivity index (χ4v) is 2.59. The molecule has 0 bridgehead atoms. The van der Waals surface area contributed by atoms with Gasteiger partial charge in [-0.3, -0.25) is 15.6 Å². The van der Waals surface area contributed by atoms with Crippen molar-refractivity contribution in [3.05, 3.63) is 24.0 Å². The Kier molecular flexibility index (Phi) is 4.53. The second kappa shape index (κ2) is 6.17. The van der Waals surface area contributed by atoms with Crippen LogP contribution in [0.25, 0.3) is 0 Å². The highest BCUT2D eigenvalue weighted by Crippen LogP contribution is 2.23. The maximum atomic E-state index is 12.6. The average Bonchev–Trinajstić information content (AvgIpc) is 2.77. The zero-order chi connectivity index (χ0) is 14.7. The van der Waals surface area contributed by atoms with E-state index < -0.39 is 6.10 Å². The number of likely N-dealkylation sites (tertiary alicyclic amines) is 1. The van der Waals surface area contributed by atoms with Gasteiger partial charge < -0.3 is 20.3 Å². The van der Waals surface area contributed by atoms with Crippen molar-refractivity contribution in [2.45, 2.75) is 18.6 Å². The third-order valence-corrected chi connectivity index (χ3v) is 3.44. The van der Waals surface area contributed by atoms with Crippen LogP contribution in [0.15, 0.2) is 18.5 Å². The van der Waals surface area contributed by atoms with E-state index in [2.05, 4.69) is 10.4 Å². The number of carbonyl (C=O) groups excluding carboxylic acids is 1. The number of rotatable bonds is 4. The number of amides is 1. The van der Waals surface area contributed by atoms with Gasteiger partial charge in [0.2, 0.25) is 0 Å². The van der Waals surface area contributed by atoms with Crippen LogP contribution in [-0.2, 0) is 0 Å². The molecule has 1 amide bonds. The number of hydrogen-bond acceptors (Lipinski definition) is 6. The molecular formula is C13H21N5O2. The first-order chi connectivity index (χ1) is 9.52. The summed E-state index contributed by atoms with van der Waals surface area (Å²) >= 11 is 0. The summed E-state index contributed by atoms with van der Waals surface area (Å²) in [5.41, 5.74) is 3.44. The van der Waals surface area contributed by atoms with E-state index in [4.69, 9.17) is 5.84 Å². The topological polar surface area (TPSA) is 94.7 Å². The SMILES string of the molecule is CN(C)CC1CC(O)CN1C(=O)c1ccncc1NN. The lowest BCUT2D eigenvalue weighted by atomic mass is 10.1. The molecule has 0 aliphatic carbocycles. The summed E-state index contributed by atoms with van der Waals surface area (Å²) in [4.78, 5) is 20.3. The number of nitrogens with zero attached hydrogens (tertiary/aromatic N) is 3. The van der Waals surface area contributed by atoms with Crippen molar-refractivity contribution in [3.8, 4) is 0 Å². The van der Waals surface area contributed by atoms with Gasteiger partial charge in [-0.05, 0) is 26.6 Å². The highest BCUT2D eigenvalue weighted by Gasteiger charge is 2.35. The molecule has 1 aliphatic heterocycles. The molecule has 2 atom stereocenters. The number of likely N-dealkylation sites (N-methyl/N-ethyl adjacent to an activating group) is 1. The van der Waals surface area contributed by atoms with Crippen molar-refractivity contribution in [1.29, 1.82) is 0 Å². The highest BCUT2D eigenvalue weighted by atomic mass is 16.3. The minimum absolute atomic E-state index is 0.00582. The normalized spacial score (nSPS) is 22.4. The molecule has 0 spiro atoms. The van der Waals surface area contributed by atoms with Gasteiger partial charge in [-0.2, -0.15) is 0 Å². The summed E-state index contributed by atoms with van der Waals surface area (Å²) in [5.74, 6) is 5.28. The van der Waals surface area contributed by atoms with Crippen LogP contribution in [0.3, 0.4) is 0 Å². The third-order valence-electron chi connectivity index (χ3n) is 3.44. The molecule has 7 nitrogen and oxygen atoms in total. The van der Waals surface area contributed by atoms with Crippen molar-refractivity contribution >= 4 is 11.6 Å². The molecule has 0 radical (unpaired) electrons. The van der Waals surface area contributed by atoms with E-state index in [1.807, 2.05) is 19.0 Å². The van der Waals surface area contributed by atoms with Crippen LogP contribution in [0, 0.1) is 0 Å². The number of carbonyl (C=O) groups is 1. The lowest BCUT2D eigenvalue weighted by Gasteiger charge is -2.27. The van der Waals surface area contributed by atoms with Gasteiger partial charge in [-0.1, -0.05) is 0 Å². The maximum Gasteiger partial charge on any atom is 0.256 e. The quantitative estimate of drug-likeness (QED) is 0.508. The summed E-state index contributed by atoms with van der Waals surface area (Å²) in [5, 5.41) is 9.84. The molecule has 1 aromatic heterocycles. The molecule has 0 saturated carbocycles. The van der Waals surface area contributed by atoms with Crippen molar-refractivity contribution < 1.29 is 9.90 Å². The Bertz CT molecular complexity index is 480. The van der Waals surface area contributed by atoms with E-state index in [0.29, 0.717) is 24.2 Å². The molecule has 4 N–H and O–H groups in total. The average molecular weight is 279 g/mol. The largest absolute Gasteiger partial charge is 0.391 e. The van der Waals surface area contributed by atoms with Crippen molar-refractivity contribution in [2.75, 3.05) is 32.6 Å². The van der Waals surface area contributed by atoms with E-state index >= 15 is 0 Å². The molecule has 1 aliphatic rings. The lowest BCUT2D eigenvalue weighted by Crippen LogP contribution is -2.41.